The van der Waals surface area contributed by atoms with E-state index in [2.05, 4.69) is 20.6 Å². The van der Waals surface area contributed by atoms with Crippen LogP contribution in [-0.2, 0) is 9.59 Å². The monoisotopic (exact) mass is 412 g/mol. The zero-order valence-corrected chi connectivity index (χ0v) is 16.8. The molecule has 1 aromatic heterocycles. The molecule has 1 heterocycles. The van der Waals surface area contributed by atoms with Gasteiger partial charge in [0.05, 0.1) is 22.9 Å². The zero-order valence-electron chi connectivity index (χ0n) is 16.8. The third-order valence-electron chi connectivity index (χ3n) is 4.46. The lowest BCUT2D eigenvalue weighted by atomic mass is 10.1. The normalized spacial score (nSPS) is 10.5. The molecular formula is C24H20N4O3. The van der Waals surface area contributed by atoms with E-state index in [0.29, 0.717) is 17.1 Å². The molecule has 0 aliphatic heterocycles. The standard InChI is InChI=1S/C24H20N4O3/c1-16(29)26-18-8-10-19(11-9-18)27-24(30)15-31-20-12-6-17(7-13-20)23-14-25-21-4-2-3-5-22(21)28-23/h2-14H,15H2,1H3,(H,26,29)(H,27,30). The molecule has 7 nitrogen and oxygen atoms in total. The van der Waals surface area contributed by atoms with Gasteiger partial charge in [0.25, 0.3) is 5.91 Å². The molecule has 0 saturated carbocycles. The number of hydrogen-bond acceptors (Lipinski definition) is 5. The van der Waals surface area contributed by atoms with E-state index in [1.165, 1.54) is 6.92 Å². The Morgan fingerprint density at radius 2 is 1.48 bits per heavy atom. The van der Waals surface area contributed by atoms with Crippen molar-refractivity contribution in [3.63, 3.8) is 0 Å². The number of para-hydroxylation sites is 2. The average molecular weight is 412 g/mol. The van der Waals surface area contributed by atoms with E-state index in [1.54, 1.807) is 42.6 Å². The first-order valence-electron chi connectivity index (χ1n) is 9.69. The highest BCUT2D eigenvalue weighted by Crippen LogP contribution is 2.22. The molecule has 154 valence electrons. The van der Waals surface area contributed by atoms with Crippen molar-refractivity contribution in [2.75, 3.05) is 17.2 Å². The molecule has 31 heavy (non-hydrogen) atoms. The second kappa shape index (κ2) is 9.04. The van der Waals surface area contributed by atoms with Gasteiger partial charge >= 0.3 is 0 Å². The summed E-state index contributed by atoms with van der Waals surface area (Å²) in [7, 11) is 0. The molecule has 0 aliphatic rings. The largest absolute Gasteiger partial charge is 0.484 e. The lowest BCUT2D eigenvalue weighted by molar-refractivity contribution is -0.118. The van der Waals surface area contributed by atoms with Gasteiger partial charge in [-0.1, -0.05) is 12.1 Å². The molecule has 0 bridgehead atoms. The first-order chi connectivity index (χ1) is 15.1. The van der Waals surface area contributed by atoms with Crippen LogP contribution in [0.1, 0.15) is 6.92 Å². The van der Waals surface area contributed by atoms with Crippen LogP contribution in [0.5, 0.6) is 5.75 Å². The Morgan fingerprint density at radius 3 is 2.16 bits per heavy atom. The minimum atomic E-state index is -0.281. The van der Waals surface area contributed by atoms with Crippen LogP contribution in [0.2, 0.25) is 0 Å². The molecule has 0 fully saturated rings. The third kappa shape index (κ3) is 5.22. The molecule has 2 N–H and O–H groups in total. The summed E-state index contributed by atoms with van der Waals surface area (Å²) < 4.78 is 5.57. The van der Waals surface area contributed by atoms with E-state index in [9.17, 15) is 9.59 Å². The number of aromatic nitrogens is 2. The Balaban J connectivity index is 1.33. The molecule has 4 rings (SSSR count). The van der Waals surface area contributed by atoms with E-state index in [4.69, 9.17) is 4.74 Å². The van der Waals surface area contributed by atoms with Gasteiger partial charge in [-0.3, -0.25) is 14.6 Å². The van der Waals surface area contributed by atoms with E-state index in [0.717, 1.165) is 22.3 Å². The molecule has 0 unspecified atom stereocenters. The van der Waals surface area contributed by atoms with E-state index >= 15 is 0 Å². The minimum absolute atomic E-state index is 0.122. The van der Waals surface area contributed by atoms with E-state index in [-0.39, 0.29) is 18.4 Å². The summed E-state index contributed by atoms with van der Waals surface area (Å²) in [6, 6.07) is 21.9. The third-order valence-corrected chi connectivity index (χ3v) is 4.46. The number of carbonyl (C=O) groups is 2. The molecule has 0 radical (unpaired) electrons. The number of nitrogens with one attached hydrogen (secondary N) is 2. The summed E-state index contributed by atoms with van der Waals surface area (Å²) in [6.45, 7) is 1.32. The van der Waals surface area contributed by atoms with Gasteiger partial charge in [0.1, 0.15) is 5.75 Å². The van der Waals surface area contributed by atoms with Crippen LogP contribution < -0.4 is 15.4 Å². The van der Waals surface area contributed by atoms with Gasteiger partial charge in [-0.05, 0) is 60.7 Å². The first-order valence-corrected chi connectivity index (χ1v) is 9.69. The molecule has 7 heteroatoms. The SMILES string of the molecule is CC(=O)Nc1ccc(NC(=O)COc2ccc(-c3cnc4ccccc4n3)cc2)cc1. The summed E-state index contributed by atoms with van der Waals surface area (Å²) >= 11 is 0. The van der Waals surface area contributed by atoms with Crippen molar-refractivity contribution in [3.05, 3.63) is 79.0 Å². The van der Waals surface area contributed by atoms with Crippen molar-refractivity contribution in [1.82, 2.24) is 9.97 Å². The number of anilines is 2. The van der Waals surface area contributed by atoms with Crippen LogP contribution in [0, 0.1) is 0 Å². The Kier molecular flexibility index (Phi) is 5.84. The topological polar surface area (TPSA) is 93.2 Å². The van der Waals surface area contributed by atoms with Gasteiger partial charge in [0, 0.05) is 23.9 Å². The van der Waals surface area contributed by atoms with Crippen LogP contribution >= 0.6 is 0 Å². The minimum Gasteiger partial charge on any atom is -0.484 e. The van der Waals surface area contributed by atoms with E-state index in [1.807, 2.05) is 36.4 Å². The highest BCUT2D eigenvalue weighted by Gasteiger charge is 2.06. The quantitative estimate of drug-likeness (QED) is 0.493. The number of hydrogen-bond donors (Lipinski definition) is 2. The predicted molar refractivity (Wildman–Crippen MR) is 120 cm³/mol. The van der Waals surface area contributed by atoms with Crippen LogP contribution in [0.25, 0.3) is 22.3 Å². The van der Waals surface area contributed by atoms with Crippen molar-refractivity contribution in [2.45, 2.75) is 6.92 Å². The zero-order chi connectivity index (χ0) is 21.6. The van der Waals surface area contributed by atoms with Crippen molar-refractivity contribution in [2.24, 2.45) is 0 Å². The highest BCUT2D eigenvalue weighted by atomic mass is 16.5. The fourth-order valence-corrected chi connectivity index (χ4v) is 3.00. The number of amides is 2. The van der Waals surface area contributed by atoms with Crippen LogP contribution in [0.4, 0.5) is 11.4 Å². The molecule has 0 spiro atoms. The molecule has 4 aromatic rings. The van der Waals surface area contributed by atoms with Gasteiger partial charge in [-0.15, -0.1) is 0 Å². The first kappa shape index (κ1) is 20.0. The van der Waals surface area contributed by atoms with Crippen molar-refractivity contribution >= 4 is 34.2 Å². The van der Waals surface area contributed by atoms with Crippen LogP contribution in [0.3, 0.4) is 0 Å². The Hall–Kier alpha value is -4.26. The average Bonchev–Trinajstić information content (AvgIpc) is 2.79. The van der Waals surface area contributed by atoms with Crippen LogP contribution in [0.15, 0.2) is 79.0 Å². The van der Waals surface area contributed by atoms with Crippen molar-refractivity contribution in [1.29, 1.82) is 0 Å². The second-order valence-corrected chi connectivity index (χ2v) is 6.86. The summed E-state index contributed by atoms with van der Waals surface area (Å²) in [4.78, 5) is 32.2. The van der Waals surface area contributed by atoms with Gasteiger partial charge in [0.2, 0.25) is 5.91 Å². The van der Waals surface area contributed by atoms with Gasteiger partial charge < -0.3 is 15.4 Å². The lowest BCUT2D eigenvalue weighted by Crippen LogP contribution is -2.20. The summed E-state index contributed by atoms with van der Waals surface area (Å²) in [5.41, 5.74) is 4.65. The number of rotatable bonds is 6. The number of carbonyl (C=O) groups excluding carboxylic acids is 2. The smallest absolute Gasteiger partial charge is 0.262 e. The molecule has 2 amide bonds. The number of benzene rings is 3. The Morgan fingerprint density at radius 1 is 0.839 bits per heavy atom. The Labute approximate surface area is 179 Å². The van der Waals surface area contributed by atoms with Gasteiger partial charge in [-0.25, -0.2) is 4.98 Å². The van der Waals surface area contributed by atoms with Crippen molar-refractivity contribution < 1.29 is 14.3 Å². The second-order valence-electron chi connectivity index (χ2n) is 6.86. The maximum Gasteiger partial charge on any atom is 0.262 e. The lowest BCUT2D eigenvalue weighted by Gasteiger charge is -2.09. The molecule has 0 saturated heterocycles. The fourth-order valence-electron chi connectivity index (χ4n) is 3.00. The number of ether oxygens (including phenoxy) is 1. The number of fused-ring (bicyclic) bond motifs is 1. The molecule has 3 aromatic carbocycles. The predicted octanol–water partition coefficient (Wildman–Crippen LogP) is 4.27. The highest BCUT2D eigenvalue weighted by molar-refractivity contribution is 5.93. The van der Waals surface area contributed by atoms with Crippen molar-refractivity contribution in [3.8, 4) is 17.0 Å². The summed E-state index contributed by atoms with van der Waals surface area (Å²) in [5, 5.41) is 5.42. The maximum absolute atomic E-state index is 12.1. The maximum atomic E-state index is 12.1. The van der Waals surface area contributed by atoms with Crippen LogP contribution in [-0.4, -0.2) is 28.4 Å². The molecule has 0 aliphatic carbocycles. The number of nitrogens with zero attached hydrogens (tertiary/aromatic N) is 2. The van der Waals surface area contributed by atoms with Gasteiger partial charge in [0.15, 0.2) is 6.61 Å². The summed E-state index contributed by atoms with van der Waals surface area (Å²) in [5.74, 6) is 0.147. The summed E-state index contributed by atoms with van der Waals surface area (Å²) in [6.07, 6.45) is 1.74. The fraction of sp³-hybridized carbons (Fsp3) is 0.0833. The molecule has 0 atom stereocenters. The molecular weight excluding hydrogens is 392 g/mol. The Bertz CT molecular complexity index is 1220. The van der Waals surface area contributed by atoms with Gasteiger partial charge in [-0.2, -0.15) is 0 Å². The van der Waals surface area contributed by atoms with E-state index < -0.39 is 0 Å².